The average molecular weight is 443 g/mol. The Bertz CT molecular complexity index is 609. The molecule has 0 aliphatic heterocycles. The summed E-state index contributed by atoms with van der Waals surface area (Å²) in [6.45, 7) is 0. The van der Waals surface area contributed by atoms with Crippen LogP contribution in [0, 0.1) is 3.57 Å². The van der Waals surface area contributed by atoms with Gasteiger partial charge in [-0.05, 0) is 58.0 Å². The maximum atomic E-state index is 11.7. The maximum Gasteiger partial charge on any atom is 0.244 e. The molecule has 0 aliphatic carbocycles. The Morgan fingerprint density at radius 3 is 2.45 bits per heavy atom. The summed E-state index contributed by atoms with van der Waals surface area (Å²) < 4.78 is 2.16. The van der Waals surface area contributed by atoms with E-state index in [1.807, 2.05) is 48.5 Å². The van der Waals surface area contributed by atoms with Crippen LogP contribution in [0.1, 0.15) is 11.1 Å². The van der Waals surface area contributed by atoms with Gasteiger partial charge in [0.25, 0.3) is 0 Å². The van der Waals surface area contributed by atoms with Gasteiger partial charge in [0.05, 0.1) is 12.6 Å². The summed E-state index contributed by atoms with van der Waals surface area (Å²) in [6.07, 6.45) is 1.95. The number of nitrogens with one attached hydrogen (secondary N) is 1. The molecule has 0 saturated heterocycles. The number of nitrogens with zero attached hydrogens (tertiary/aromatic N) is 1. The number of amides is 1. The van der Waals surface area contributed by atoms with Gasteiger partial charge in [0, 0.05) is 8.04 Å². The zero-order valence-electron chi connectivity index (χ0n) is 10.5. The first-order valence-electron chi connectivity index (χ1n) is 5.95. The molecule has 0 heterocycles. The Morgan fingerprint density at radius 1 is 1.15 bits per heavy atom. The molecule has 0 bridgehead atoms. The van der Waals surface area contributed by atoms with Gasteiger partial charge in [-0.1, -0.05) is 40.2 Å². The lowest BCUT2D eigenvalue weighted by Crippen LogP contribution is -2.19. The molecule has 3 nitrogen and oxygen atoms in total. The molecular weight excluding hydrogens is 431 g/mol. The van der Waals surface area contributed by atoms with Gasteiger partial charge in [0.15, 0.2) is 0 Å². The average Bonchev–Trinajstić information content (AvgIpc) is 2.44. The highest BCUT2D eigenvalue weighted by Gasteiger charge is 2.01. The van der Waals surface area contributed by atoms with E-state index in [1.54, 1.807) is 6.21 Å². The number of rotatable bonds is 4. The van der Waals surface area contributed by atoms with E-state index >= 15 is 0 Å². The molecule has 0 radical (unpaired) electrons. The van der Waals surface area contributed by atoms with Crippen LogP contribution in [-0.4, -0.2) is 12.1 Å². The SMILES string of the molecule is O=C(Cc1ccc(Br)cc1)N/N=C\c1ccc(I)cc1. The standard InChI is InChI=1S/C15H12BrIN2O/c16-13-5-1-11(2-6-13)9-15(20)19-18-10-12-3-7-14(17)8-4-12/h1-8,10H,9H2,(H,19,20)/b18-10-. The number of hydrogen-bond donors (Lipinski definition) is 1. The second kappa shape index (κ2) is 7.54. The Morgan fingerprint density at radius 2 is 1.80 bits per heavy atom. The van der Waals surface area contributed by atoms with Gasteiger partial charge >= 0.3 is 0 Å². The highest BCUT2D eigenvalue weighted by molar-refractivity contribution is 14.1. The lowest BCUT2D eigenvalue weighted by Gasteiger charge is -2.00. The molecule has 2 aromatic carbocycles. The third-order valence-corrected chi connectivity index (χ3v) is 3.80. The van der Waals surface area contributed by atoms with Crippen molar-refractivity contribution in [2.45, 2.75) is 6.42 Å². The van der Waals surface area contributed by atoms with Crippen LogP contribution < -0.4 is 5.43 Å². The van der Waals surface area contributed by atoms with E-state index in [9.17, 15) is 4.79 Å². The minimum absolute atomic E-state index is 0.130. The van der Waals surface area contributed by atoms with E-state index < -0.39 is 0 Å². The molecule has 2 aromatic rings. The zero-order chi connectivity index (χ0) is 14.4. The fraction of sp³-hybridized carbons (Fsp3) is 0.0667. The lowest BCUT2D eigenvalue weighted by molar-refractivity contribution is -0.120. The maximum absolute atomic E-state index is 11.7. The van der Waals surface area contributed by atoms with E-state index in [0.717, 1.165) is 15.6 Å². The van der Waals surface area contributed by atoms with Crippen molar-refractivity contribution < 1.29 is 4.79 Å². The molecule has 0 fully saturated rings. The molecule has 5 heteroatoms. The van der Waals surface area contributed by atoms with Crippen LogP contribution in [-0.2, 0) is 11.2 Å². The fourth-order valence-electron chi connectivity index (χ4n) is 1.55. The largest absolute Gasteiger partial charge is 0.273 e. The van der Waals surface area contributed by atoms with Crippen LogP contribution in [0.3, 0.4) is 0 Å². The number of hydrazone groups is 1. The normalized spacial score (nSPS) is 10.7. The smallest absolute Gasteiger partial charge is 0.244 e. The molecule has 0 aliphatic rings. The van der Waals surface area contributed by atoms with E-state index in [1.165, 1.54) is 3.57 Å². The summed E-state index contributed by atoms with van der Waals surface area (Å²) in [5.74, 6) is -0.130. The first kappa shape index (κ1) is 15.2. The number of benzene rings is 2. The van der Waals surface area contributed by atoms with Crippen molar-refractivity contribution in [1.29, 1.82) is 0 Å². The molecule has 2 rings (SSSR count). The Labute approximate surface area is 139 Å². The van der Waals surface area contributed by atoms with Crippen molar-refractivity contribution >= 4 is 50.6 Å². The number of halogens is 2. The van der Waals surface area contributed by atoms with Crippen LogP contribution in [0.2, 0.25) is 0 Å². The number of carbonyl (C=O) groups excluding carboxylic acids is 1. The molecule has 0 unspecified atom stereocenters. The second-order valence-electron chi connectivity index (χ2n) is 4.15. The Kier molecular flexibility index (Phi) is 5.72. The summed E-state index contributed by atoms with van der Waals surface area (Å²) in [5.41, 5.74) is 4.43. The van der Waals surface area contributed by atoms with E-state index in [2.05, 4.69) is 49.0 Å². The van der Waals surface area contributed by atoms with Crippen molar-refractivity contribution in [3.63, 3.8) is 0 Å². The van der Waals surface area contributed by atoms with Crippen LogP contribution in [0.15, 0.2) is 58.1 Å². The van der Waals surface area contributed by atoms with Crippen LogP contribution in [0.4, 0.5) is 0 Å². The predicted octanol–water partition coefficient (Wildman–Crippen LogP) is 3.75. The highest BCUT2D eigenvalue weighted by Crippen LogP contribution is 2.10. The molecule has 0 spiro atoms. The van der Waals surface area contributed by atoms with E-state index in [0.29, 0.717) is 6.42 Å². The summed E-state index contributed by atoms with van der Waals surface area (Å²) in [7, 11) is 0. The van der Waals surface area contributed by atoms with Gasteiger partial charge in [0.1, 0.15) is 0 Å². The van der Waals surface area contributed by atoms with Crippen LogP contribution in [0.5, 0.6) is 0 Å². The number of carbonyl (C=O) groups is 1. The van der Waals surface area contributed by atoms with Crippen molar-refractivity contribution in [3.05, 3.63) is 67.7 Å². The van der Waals surface area contributed by atoms with Gasteiger partial charge in [-0.2, -0.15) is 5.10 Å². The van der Waals surface area contributed by atoms with Gasteiger partial charge in [-0.25, -0.2) is 5.43 Å². The summed E-state index contributed by atoms with van der Waals surface area (Å²) in [4.78, 5) is 11.7. The second-order valence-corrected chi connectivity index (χ2v) is 6.31. The third-order valence-electron chi connectivity index (χ3n) is 2.55. The monoisotopic (exact) mass is 442 g/mol. The van der Waals surface area contributed by atoms with Crippen molar-refractivity contribution in [2.75, 3.05) is 0 Å². The lowest BCUT2D eigenvalue weighted by atomic mass is 10.1. The highest BCUT2D eigenvalue weighted by atomic mass is 127. The molecule has 1 N–H and O–H groups in total. The molecule has 20 heavy (non-hydrogen) atoms. The predicted molar refractivity (Wildman–Crippen MR) is 92.7 cm³/mol. The summed E-state index contributed by atoms with van der Waals surface area (Å²) in [6, 6.07) is 15.5. The summed E-state index contributed by atoms with van der Waals surface area (Å²) >= 11 is 5.60. The van der Waals surface area contributed by atoms with Crippen molar-refractivity contribution in [1.82, 2.24) is 5.43 Å². The molecule has 0 aromatic heterocycles. The van der Waals surface area contributed by atoms with Crippen LogP contribution >= 0.6 is 38.5 Å². The molecule has 102 valence electrons. The molecule has 0 saturated carbocycles. The van der Waals surface area contributed by atoms with E-state index in [-0.39, 0.29) is 5.91 Å². The molecule has 1 amide bonds. The summed E-state index contributed by atoms with van der Waals surface area (Å²) in [5, 5.41) is 3.95. The van der Waals surface area contributed by atoms with Gasteiger partial charge in [-0.15, -0.1) is 0 Å². The van der Waals surface area contributed by atoms with Crippen LogP contribution in [0.25, 0.3) is 0 Å². The minimum Gasteiger partial charge on any atom is -0.273 e. The quantitative estimate of drug-likeness (QED) is 0.437. The molecule has 0 atom stereocenters. The van der Waals surface area contributed by atoms with Crippen molar-refractivity contribution in [3.8, 4) is 0 Å². The fourth-order valence-corrected chi connectivity index (χ4v) is 2.18. The van der Waals surface area contributed by atoms with Crippen molar-refractivity contribution in [2.24, 2.45) is 5.10 Å². The van der Waals surface area contributed by atoms with Gasteiger partial charge in [0.2, 0.25) is 5.91 Å². The molecular formula is C15H12BrIN2O. The first-order chi connectivity index (χ1) is 9.63. The topological polar surface area (TPSA) is 41.5 Å². The number of hydrogen-bond acceptors (Lipinski definition) is 2. The minimum atomic E-state index is -0.130. The zero-order valence-corrected chi connectivity index (χ0v) is 14.3. The van der Waals surface area contributed by atoms with Gasteiger partial charge in [-0.3, -0.25) is 4.79 Å². The van der Waals surface area contributed by atoms with E-state index in [4.69, 9.17) is 0 Å². The Balaban J connectivity index is 1.85. The Hall–Kier alpha value is -1.21. The van der Waals surface area contributed by atoms with Gasteiger partial charge < -0.3 is 0 Å². The first-order valence-corrected chi connectivity index (χ1v) is 7.82. The third kappa shape index (κ3) is 5.05.